The molecule has 2 aliphatic rings. The number of carbonyl (C=O) groups is 1. The monoisotopic (exact) mass is 493 g/mol. The van der Waals surface area contributed by atoms with Crippen LogP contribution in [0.15, 0.2) is 65.8 Å². The Kier molecular flexibility index (Phi) is 6.62. The summed E-state index contributed by atoms with van der Waals surface area (Å²) in [5.41, 5.74) is 2.78. The van der Waals surface area contributed by atoms with Gasteiger partial charge in [0.1, 0.15) is 0 Å². The van der Waals surface area contributed by atoms with Crippen molar-refractivity contribution in [1.29, 1.82) is 0 Å². The van der Waals surface area contributed by atoms with Crippen LogP contribution in [0, 0.1) is 6.92 Å². The van der Waals surface area contributed by atoms with Crippen LogP contribution in [-0.2, 0) is 10.0 Å². The molecule has 0 saturated carbocycles. The first kappa shape index (κ1) is 23.6. The van der Waals surface area contributed by atoms with E-state index < -0.39 is 10.0 Å². The lowest BCUT2D eigenvalue weighted by Crippen LogP contribution is -2.49. The van der Waals surface area contributed by atoms with E-state index in [0.717, 1.165) is 30.9 Å². The van der Waals surface area contributed by atoms with Crippen LogP contribution in [0.2, 0.25) is 0 Å². The molecule has 0 unspecified atom stereocenters. The van der Waals surface area contributed by atoms with Crippen molar-refractivity contribution in [1.82, 2.24) is 18.8 Å². The lowest BCUT2D eigenvalue weighted by molar-refractivity contribution is 0.0746. The number of piperidine rings is 1. The highest BCUT2D eigenvalue weighted by atomic mass is 32.2. The second-order valence-corrected chi connectivity index (χ2v) is 11.1. The maximum absolute atomic E-state index is 13.1. The SMILES string of the molecule is Cc1ccc(-n2ccnc2N2CCN(C(=O)c3ccc(S(=O)(=O)N4CCCCC4)cc3)CC2)cc1. The molecule has 2 saturated heterocycles. The number of aromatic nitrogens is 2. The lowest BCUT2D eigenvalue weighted by Gasteiger charge is -2.35. The minimum atomic E-state index is -3.50. The summed E-state index contributed by atoms with van der Waals surface area (Å²) in [5, 5.41) is 0. The van der Waals surface area contributed by atoms with Crippen LogP contribution in [0.5, 0.6) is 0 Å². The highest BCUT2D eigenvalue weighted by Crippen LogP contribution is 2.23. The van der Waals surface area contributed by atoms with Crippen molar-refractivity contribution in [2.24, 2.45) is 0 Å². The maximum atomic E-state index is 13.1. The number of piperazine rings is 1. The van der Waals surface area contributed by atoms with E-state index >= 15 is 0 Å². The Hall–Kier alpha value is -3.17. The van der Waals surface area contributed by atoms with Gasteiger partial charge < -0.3 is 9.80 Å². The third kappa shape index (κ3) is 4.83. The summed E-state index contributed by atoms with van der Waals surface area (Å²) < 4.78 is 29.4. The number of anilines is 1. The second kappa shape index (κ2) is 9.83. The largest absolute Gasteiger partial charge is 0.338 e. The van der Waals surface area contributed by atoms with E-state index in [4.69, 9.17) is 0 Å². The first-order valence-corrected chi connectivity index (χ1v) is 13.6. The third-order valence-corrected chi connectivity index (χ3v) is 8.75. The quantitative estimate of drug-likeness (QED) is 0.545. The molecular formula is C26H31N5O3S. The predicted octanol–water partition coefficient (Wildman–Crippen LogP) is 3.32. The number of rotatable bonds is 5. The Bertz CT molecular complexity index is 1270. The van der Waals surface area contributed by atoms with Gasteiger partial charge in [-0.05, 0) is 56.2 Å². The molecule has 3 heterocycles. The van der Waals surface area contributed by atoms with Gasteiger partial charge in [0.15, 0.2) is 0 Å². The van der Waals surface area contributed by atoms with Crippen molar-refractivity contribution in [3.63, 3.8) is 0 Å². The van der Waals surface area contributed by atoms with Crippen molar-refractivity contribution < 1.29 is 13.2 Å². The van der Waals surface area contributed by atoms with Crippen LogP contribution in [0.25, 0.3) is 5.69 Å². The molecule has 1 aromatic heterocycles. The zero-order valence-corrected chi connectivity index (χ0v) is 20.8. The molecule has 0 N–H and O–H groups in total. The van der Waals surface area contributed by atoms with Crippen molar-refractivity contribution in [3.05, 3.63) is 72.1 Å². The van der Waals surface area contributed by atoms with Crippen LogP contribution in [0.3, 0.4) is 0 Å². The normalized spacial score (nSPS) is 17.5. The third-order valence-electron chi connectivity index (χ3n) is 6.84. The molecule has 0 atom stereocenters. The van der Waals surface area contributed by atoms with Crippen molar-refractivity contribution in [3.8, 4) is 5.69 Å². The summed E-state index contributed by atoms with van der Waals surface area (Å²) in [5.74, 6) is 0.793. The highest BCUT2D eigenvalue weighted by Gasteiger charge is 2.27. The van der Waals surface area contributed by atoms with Crippen LogP contribution in [0.1, 0.15) is 35.2 Å². The van der Waals surface area contributed by atoms with Gasteiger partial charge in [-0.3, -0.25) is 9.36 Å². The number of hydrogen-bond donors (Lipinski definition) is 0. The number of aryl methyl sites for hydroxylation is 1. The first-order valence-electron chi connectivity index (χ1n) is 12.2. The van der Waals surface area contributed by atoms with Gasteiger partial charge in [-0.25, -0.2) is 13.4 Å². The minimum Gasteiger partial charge on any atom is -0.338 e. The van der Waals surface area contributed by atoms with Crippen LogP contribution in [0.4, 0.5) is 5.95 Å². The van der Waals surface area contributed by atoms with E-state index in [9.17, 15) is 13.2 Å². The summed E-state index contributed by atoms with van der Waals surface area (Å²) in [4.78, 5) is 21.9. The average molecular weight is 494 g/mol. The summed E-state index contributed by atoms with van der Waals surface area (Å²) in [6.45, 7) is 5.70. The Morgan fingerprint density at radius 2 is 1.49 bits per heavy atom. The molecule has 2 aliphatic heterocycles. The van der Waals surface area contributed by atoms with E-state index in [1.165, 1.54) is 5.56 Å². The van der Waals surface area contributed by atoms with E-state index in [0.29, 0.717) is 44.8 Å². The lowest BCUT2D eigenvalue weighted by atomic mass is 10.2. The van der Waals surface area contributed by atoms with Gasteiger partial charge in [0, 0.05) is 62.9 Å². The van der Waals surface area contributed by atoms with Gasteiger partial charge in [0.05, 0.1) is 4.90 Å². The number of imidazole rings is 1. The Morgan fingerprint density at radius 3 is 2.14 bits per heavy atom. The van der Waals surface area contributed by atoms with Gasteiger partial charge in [-0.15, -0.1) is 0 Å². The topological polar surface area (TPSA) is 78.8 Å². The average Bonchev–Trinajstić information content (AvgIpc) is 3.39. The van der Waals surface area contributed by atoms with Gasteiger partial charge in [0.25, 0.3) is 5.91 Å². The van der Waals surface area contributed by atoms with Gasteiger partial charge in [-0.1, -0.05) is 24.1 Å². The summed E-state index contributed by atoms with van der Waals surface area (Å²) in [6, 6.07) is 14.7. The van der Waals surface area contributed by atoms with Crippen molar-refractivity contribution in [2.75, 3.05) is 44.2 Å². The Labute approximate surface area is 206 Å². The highest BCUT2D eigenvalue weighted by molar-refractivity contribution is 7.89. The molecule has 35 heavy (non-hydrogen) atoms. The molecule has 3 aromatic rings. The van der Waals surface area contributed by atoms with Gasteiger partial charge in [0.2, 0.25) is 16.0 Å². The van der Waals surface area contributed by atoms with E-state index in [-0.39, 0.29) is 10.8 Å². The Balaban J connectivity index is 1.23. The summed E-state index contributed by atoms with van der Waals surface area (Å²) >= 11 is 0. The molecule has 1 amide bonds. The molecule has 2 fully saturated rings. The fraction of sp³-hybridized carbons (Fsp3) is 0.385. The zero-order chi connectivity index (χ0) is 24.4. The second-order valence-electron chi connectivity index (χ2n) is 9.20. The Morgan fingerprint density at radius 1 is 0.829 bits per heavy atom. The van der Waals surface area contributed by atoms with E-state index in [1.807, 2.05) is 11.1 Å². The number of sulfonamides is 1. The molecule has 2 aromatic carbocycles. The molecule has 9 heteroatoms. The molecular weight excluding hydrogens is 462 g/mol. The number of nitrogens with zero attached hydrogens (tertiary/aromatic N) is 5. The van der Waals surface area contributed by atoms with Crippen LogP contribution >= 0.6 is 0 Å². The standard InChI is InChI=1S/C26H31N5O3S/c1-21-5-9-23(10-6-21)31-16-13-27-26(31)29-19-17-28(18-20-29)25(32)22-7-11-24(12-8-22)35(33,34)30-14-3-2-4-15-30/h5-13,16H,2-4,14-15,17-20H2,1H3. The molecule has 0 spiro atoms. The van der Waals surface area contributed by atoms with Crippen LogP contribution in [-0.4, -0.2) is 72.3 Å². The predicted molar refractivity (Wildman–Crippen MR) is 135 cm³/mol. The smallest absolute Gasteiger partial charge is 0.253 e. The van der Waals surface area contributed by atoms with Gasteiger partial charge >= 0.3 is 0 Å². The van der Waals surface area contributed by atoms with Crippen molar-refractivity contribution >= 4 is 21.9 Å². The van der Waals surface area contributed by atoms with Crippen molar-refractivity contribution in [2.45, 2.75) is 31.1 Å². The first-order chi connectivity index (χ1) is 16.9. The van der Waals surface area contributed by atoms with Crippen LogP contribution < -0.4 is 4.90 Å². The van der Waals surface area contributed by atoms with E-state index in [2.05, 4.69) is 45.6 Å². The fourth-order valence-corrected chi connectivity index (χ4v) is 6.27. The number of benzene rings is 2. The number of carbonyl (C=O) groups excluding carboxylic acids is 1. The number of hydrogen-bond acceptors (Lipinski definition) is 5. The van der Waals surface area contributed by atoms with E-state index in [1.54, 1.807) is 34.8 Å². The maximum Gasteiger partial charge on any atom is 0.253 e. The number of amides is 1. The summed E-state index contributed by atoms with van der Waals surface area (Å²) in [7, 11) is -3.50. The van der Waals surface area contributed by atoms with Gasteiger partial charge in [-0.2, -0.15) is 4.31 Å². The molecule has 184 valence electrons. The minimum absolute atomic E-state index is 0.0755. The molecule has 8 nitrogen and oxygen atoms in total. The zero-order valence-electron chi connectivity index (χ0n) is 20.0. The molecule has 0 bridgehead atoms. The summed E-state index contributed by atoms with van der Waals surface area (Å²) in [6.07, 6.45) is 6.61. The molecule has 0 aliphatic carbocycles. The molecule has 0 radical (unpaired) electrons. The molecule has 5 rings (SSSR count). The fourth-order valence-electron chi connectivity index (χ4n) is 4.75.